The Hall–Kier alpha value is -2.99. The number of aromatic nitrogens is 3. The minimum atomic E-state index is -0.437. The third-order valence-corrected chi connectivity index (χ3v) is 3.96. The summed E-state index contributed by atoms with van der Waals surface area (Å²) in [5.41, 5.74) is 2.22. The van der Waals surface area contributed by atoms with Crippen LogP contribution in [0, 0.1) is 0 Å². The predicted octanol–water partition coefficient (Wildman–Crippen LogP) is 2.50. The molecule has 1 aromatic heterocycles. The van der Waals surface area contributed by atoms with Crippen molar-refractivity contribution in [2.24, 2.45) is 0 Å². The van der Waals surface area contributed by atoms with Crippen LogP contribution in [0.1, 0.15) is 34.7 Å². The Morgan fingerprint density at radius 3 is 2.48 bits per heavy atom. The van der Waals surface area contributed by atoms with Crippen molar-refractivity contribution in [3.05, 3.63) is 71.5 Å². The van der Waals surface area contributed by atoms with E-state index in [9.17, 15) is 9.90 Å². The van der Waals surface area contributed by atoms with Crippen LogP contribution >= 0.6 is 0 Å². The van der Waals surface area contributed by atoms with Gasteiger partial charge in [0.05, 0.1) is 12.6 Å². The molecule has 0 radical (unpaired) electrons. The summed E-state index contributed by atoms with van der Waals surface area (Å²) in [6, 6.07) is 16.0. The quantitative estimate of drug-likeness (QED) is 0.645. The number of rotatable bonds is 6. The van der Waals surface area contributed by atoms with Crippen molar-refractivity contribution in [3.8, 4) is 11.4 Å². The van der Waals surface area contributed by atoms with Gasteiger partial charge in [0.15, 0.2) is 5.82 Å². The summed E-state index contributed by atoms with van der Waals surface area (Å²) < 4.78 is 0. The van der Waals surface area contributed by atoms with Crippen LogP contribution in [-0.4, -0.2) is 32.8 Å². The highest BCUT2D eigenvalue weighted by atomic mass is 16.3. The first-order chi connectivity index (χ1) is 12.2. The summed E-state index contributed by atoms with van der Waals surface area (Å²) in [5.74, 6) is 1.20. The molecule has 6 nitrogen and oxygen atoms in total. The number of hydrogen-bond donors (Lipinski definition) is 3. The maximum absolute atomic E-state index is 12.4. The Balaban J connectivity index is 1.72. The lowest BCUT2D eigenvalue weighted by molar-refractivity contribution is 0.0916. The van der Waals surface area contributed by atoms with Crippen molar-refractivity contribution in [3.63, 3.8) is 0 Å². The molecule has 0 aliphatic rings. The molecule has 0 unspecified atom stereocenters. The van der Waals surface area contributed by atoms with Crippen LogP contribution in [0.3, 0.4) is 0 Å². The predicted molar refractivity (Wildman–Crippen MR) is 94.9 cm³/mol. The van der Waals surface area contributed by atoms with Gasteiger partial charge in [0.1, 0.15) is 5.82 Å². The first-order valence-electron chi connectivity index (χ1n) is 8.19. The highest BCUT2D eigenvalue weighted by Gasteiger charge is 2.15. The van der Waals surface area contributed by atoms with Crippen LogP contribution in [0.2, 0.25) is 0 Å². The Bertz CT molecular complexity index is 828. The summed E-state index contributed by atoms with van der Waals surface area (Å²) in [4.78, 5) is 16.8. The molecular weight excluding hydrogens is 316 g/mol. The van der Waals surface area contributed by atoms with E-state index in [1.165, 1.54) is 0 Å². The zero-order chi connectivity index (χ0) is 17.6. The van der Waals surface area contributed by atoms with Crippen molar-refractivity contribution >= 4 is 5.91 Å². The Kier molecular flexibility index (Phi) is 5.20. The van der Waals surface area contributed by atoms with Gasteiger partial charge in [-0.15, -0.1) is 0 Å². The molecule has 1 amide bonds. The molecule has 0 saturated heterocycles. The molecule has 6 heteroatoms. The van der Waals surface area contributed by atoms with Crippen molar-refractivity contribution in [1.29, 1.82) is 0 Å². The number of nitrogens with one attached hydrogen (secondary N) is 2. The molecule has 1 atom stereocenters. The maximum atomic E-state index is 12.4. The SMILES string of the molecule is CCc1nc(-c2ccc(C(=O)N[C@@H](CO)c3ccccc3)cc2)n[nH]1. The van der Waals surface area contributed by atoms with E-state index >= 15 is 0 Å². The molecule has 3 aromatic rings. The fourth-order valence-electron chi connectivity index (χ4n) is 2.51. The van der Waals surface area contributed by atoms with Gasteiger partial charge in [-0.2, -0.15) is 5.10 Å². The Labute approximate surface area is 145 Å². The Morgan fingerprint density at radius 2 is 1.88 bits per heavy atom. The van der Waals surface area contributed by atoms with Crippen LogP contribution in [0.25, 0.3) is 11.4 Å². The largest absolute Gasteiger partial charge is 0.394 e. The first-order valence-corrected chi connectivity index (χ1v) is 8.19. The molecule has 0 bridgehead atoms. The summed E-state index contributed by atoms with van der Waals surface area (Å²) in [5, 5.41) is 19.4. The molecule has 3 N–H and O–H groups in total. The lowest BCUT2D eigenvalue weighted by Crippen LogP contribution is -2.30. The minimum Gasteiger partial charge on any atom is -0.394 e. The average Bonchev–Trinajstić information content (AvgIpc) is 3.16. The Morgan fingerprint density at radius 1 is 1.16 bits per heavy atom. The molecule has 3 rings (SSSR count). The lowest BCUT2D eigenvalue weighted by atomic mass is 10.1. The van der Waals surface area contributed by atoms with Gasteiger partial charge in [0, 0.05) is 17.5 Å². The number of H-pyrrole nitrogens is 1. The molecule has 128 valence electrons. The maximum Gasteiger partial charge on any atom is 0.251 e. The van der Waals surface area contributed by atoms with E-state index in [1.807, 2.05) is 49.4 Å². The van der Waals surface area contributed by atoms with Gasteiger partial charge in [-0.3, -0.25) is 9.89 Å². The van der Waals surface area contributed by atoms with E-state index in [1.54, 1.807) is 12.1 Å². The van der Waals surface area contributed by atoms with E-state index in [4.69, 9.17) is 0 Å². The molecule has 2 aromatic carbocycles. The van der Waals surface area contributed by atoms with Gasteiger partial charge >= 0.3 is 0 Å². The zero-order valence-corrected chi connectivity index (χ0v) is 13.9. The highest BCUT2D eigenvalue weighted by molar-refractivity contribution is 5.94. The van der Waals surface area contributed by atoms with E-state index in [0.29, 0.717) is 11.4 Å². The normalized spacial score (nSPS) is 11.9. The van der Waals surface area contributed by atoms with Gasteiger partial charge in [-0.05, 0) is 17.7 Å². The van der Waals surface area contributed by atoms with Gasteiger partial charge in [-0.1, -0.05) is 49.4 Å². The number of nitrogens with zero attached hydrogens (tertiary/aromatic N) is 2. The number of benzene rings is 2. The summed E-state index contributed by atoms with van der Waals surface area (Å²) >= 11 is 0. The number of aliphatic hydroxyl groups excluding tert-OH is 1. The molecule has 0 saturated carbocycles. The second-order valence-electron chi connectivity index (χ2n) is 5.66. The van der Waals surface area contributed by atoms with Crippen LogP contribution in [0.4, 0.5) is 0 Å². The highest BCUT2D eigenvalue weighted by Crippen LogP contribution is 2.17. The monoisotopic (exact) mass is 336 g/mol. The molecule has 25 heavy (non-hydrogen) atoms. The van der Waals surface area contributed by atoms with Gasteiger partial charge in [0.2, 0.25) is 0 Å². The van der Waals surface area contributed by atoms with Crippen LogP contribution in [0.5, 0.6) is 0 Å². The molecule has 0 spiro atoms. The number of carbonyl (C=O) groups is 1. The fourth-order valence-corrected chi connectivity index (χ4v) is 2.51. The van der Waals surface area contributed by atoms with Crippen LogP contribution in [0.15, 0.2) is 54.6 Å². The number of aromatic amines is 1. The number of hydrogen-bond acceptors (Lipinski definition) is 4. The summed E-state index contributed by atoms with van der Waals surface area (Å²) in [6.45, 7) is 1.84. The lowest BCUT2D eigenvalue weighted by Gasteiger charge is -2.16. The standard InChI is InChI=1S/C19H20N4O2/c1-2-17-21-18(23-22-17)14-8-10-15(11-9-14)19(25)20-16(12-24)13-6-4-3-5-7-13/h3-11,16,24H,2,12H2,1H3,(H,20,25)(H,21,22,23)/t16-/m0/s1. The third kappa shape index (κ3) is 3.92. The smallest absolute Gasteiger partial charge is 0.251 e. The summed E-state index contributed by atoms with van der Waals surface area (Å²) in [7, 11) is 0. The zero-order valence-electron chi connectivity index (χ0n) is 13.9. The van der Waals surface area contributed by atoms with Crippen molar-refractivity contribution in [2.45, 2.75) is 19.4 Å². The molecule has 0 aliphatic carbocycles. The van der Waals surface area contributed by atoms with E-state index < -0.39 is 6.04 Å². The minimum absolute atomic E-state index is 0.162. The number of aliphatic hydroxyl groups is 1. The average molecular weight is 336 g/mol. The second kappa shape index (κ2) is 7.72. The fraction of sp³-hybridized carbons (Fsp3) is 0.211. The molecular formula is C19H20N4O2. The van der Waals surface area contributed by atoms with Crippen LogP contribution < -0.4 is 5.32 Å². The van der Waals surface area contributed by atoms with E-state index in [0.717, 1.165) is 23.4 Å². The first kappa shape index (κ1) is 16.9. The molecule has 0 aliphatic heterocycles. The number of amides is 1. The molecule has 0 fully saturated rings. The topological polar surface area (TPSA) is 90.9 Å². The third-order valence-electron chi connectivity index (χ3n) is 3.96. The van der Waals surface area contributed by atoms with E-state index in [-0.39, 0.29) is 12.5 Å². The number of aryl methyl sites for hydroxylation is 1. The molecule has 1 heterocycles. The summed E-state index contributed by atoms with van der Waals surface area (Å²) in [6.07, 6.45) is 0.787. The van der Waals surface area contributed by atoms with Crippen molar-refractivity contribution < 1.29 is 9.90 Å². The second-order valence-corrected chi connectivity index (χ2v) is 5.66. The van der Waals surface area contributed by atoms with Crippen molar-refractivity contribution in [2.75, 3.05) is 6.61 Å². The van der Waals surface area contributed by atoms with Crippen LogP contribution in [-0.2, 0) is 6.42 Å². The van der Waals surface area contributed by atoms with Crippen molar-refractivity contribution in [1.82, 2.24) is 20.5 Å². The van der Waals surface area contributed by atoms with Gasteiger partial charge in [0.25, 0.3) is 5.91 Å². The number of carbonyl (C=O) groups excluding carboxylic acids is 1. The van der Waals surface area contributed by atoms with Gasteiger partial charge < -0.3 is 10.4 Å². The van der Waals surface area contributed by atoms with Gasteiger partial charge in [-0.25, -0.2) is 4.98 Å². The van der Waals surface area contributed by atoms with E-state index in [2.05, 4.69) is 20.5 Å².